The third kappa shape index (κ3) is 4.09. The van der Waals surface area contributed by atoms with E-state index in [1.165, 1.54) is 5.56 Å². The van der Waals surface area contributed by atoms with E-state index in [0.29, 0.717) is 0 Å². The van der Waals surface area contributed by atoms with Gasteiger partial charge in [-0.2, -0.15) is 0 Å². The highest BCUT2D eigenvalue weighted by Crippen LogP contribution is 2.13. The van der Waals surface area contributed by atoms with E-state index in [1.807, 2.05) is 12.3 Å². The zero-order valence-corrected chi connectivity index (χ0v) is 10.4. The van der Waals surface area contributed by atoms with Crippen LogP contribution in [0.3, 0.4) is 0 Å². The van der Waals surface area contributed by atoms with E-state index in [0.717, 1.165) is 32.5 Å². The van der Waals surface area contributed by atoms with Crippen molar-refractivity contribution in [2.45, 2.75) is 25.4 Å². The second kappa shape index (κ2) is 6.47. The first-order valence-electron chi connectivity index (χ1n) is 6.30. The molecular formula is C13H19N3O2. The lowest BCUT2D eigenvalue weighted by molar-refractivity contribution is -0.136. The van der Waals surface area contributed by atoms with Gasteiger partial charge in [0.1, 0.15) is 0 Å². The molecule has 0 bridgehead atoms. The summed E-state index contributed by atoms with van der Waals surface area (Å²) in [6.07, 6.45) is 5.82. The van der Waals surface area contributed by atoms with E-state index in [9.17, 15) is 4.79 Å². The molecule has 1 aromatic heterocycles. The molecule has 0 aliphatic carbocycles. The molecule has 1 saturated heterocycles. The minimum atomic E-state index is -0.792. The number of piperidine rings is 1. The minimum absolute atomic E-state index is 0.0470. The second-order valence-corrected chi connectivity index (χ2v) is 4.71. The van der Waals surface area contributed by atoms with Crippen LogP contribution in [0.15, 0.2) is 24.5 Å². The standard InChI is InChI=1S/C13H19N3O2/c17-13(18)8-15-12-4-2-6-16(10-12)9-11-3-1-5-14-7-11/h1,3,5,7,12,15H,2,4,6,8-10H2,(H,17,18). The van der Waals surface area contributed by atoms with Crippen molar-refractivity contribution in [2.24, 2.45) is 0 Å². The smallest absolute Gasteiger partial charge is 0.317 e. The molecule has 18 heavy (non-hydrogen) atoms. The summed E-state index contributed by atoms with van der Waals surface area (Å²) in [4.78, 5) is 17.0. The molecule has 0 amide bonds. The van der Waals surface area contributed by atoms with Gasteiger partial charge in [-0.05, 0) is 31.0 Å². The summed E-state index contributed by atoms with van der Waals surface area (Å²) in [5.74, 6) is -0.792. The lowest BCUT2D eigenvalue weighted by Crippen LogP contribution is -2.46. The van der Waals surface area contributed by atoms with E-state index in [4.69, 9.17) is 5.11 Å². The van der Waals surface area contributed by atoms with Gasteiger partial charge in [0.25, 0.3) is 0 Å². The van der Waals surface area contributed by atoms with E-state index in [2.05, 4.69) is 21.3 Å². The number of hydrogen-bond donors (Lipinski definition) is 2. The molecule has 2 N–H and O–H groups in total. The summed E-state index contributed by atoms with van der Waals surface area (Å²) < 4.78 is 0. The molecule has 5 nitrogen and oxygen atoms in total. The Morgan fingerprint density at radius 3 is 3.22 bits per heavy atom. The topological polar surface area (TPSA) is 65.5 Å². The number of nitrogens with zero attached hydrogens (tertiary/aromatic N) is 2. The first kappa shape index (κ1) is 13.0. The molecule has 0 radical (unpaired) electrons. The third-order valence-electron chi connectivity index (χ3n) is 3.18. The molecule has 1 aromatic rings. The van der Waals surface area contributed by atoms with Gasteiger partial charge in [0.2, 0.25) is 0 Å². The van der Waals surface area contributed by atoms with E-state index >= 15 is 0 Å². The SMILES string of the molecule is O=C(O)CNC1CCCN(Cc2cccnc2)C1. The summed E-state index contributed by atoms with van der Waals surface area (Å²) in [6, 6.07) is 4.30. The van der Waals surface area contributed by atoms with Crippen molar-refractivity contribution in [2.75, 3.05) is 19.6 Å². The van der Waals surface area contributed by atoms with Crippen molar-refractivity contribution in [3.63, 3.8) is 0 Å². The Hall–Kier alpha value is -1.46. The van der Waals surface area contributed by atoms with Crippen molar-refractivity contribution >= 4 is 5.97 Å². The fourth-order valence-corrected chi connectivity index (χ4v) is 2.35. The van der Waals surface area contributed by atoms with Gasteiger partial charge in [0, 0.05) is 31.5 Å². The van der Waals surface area contributed by atoms with Gasteiger partial charge in [0.05, 0.1) is 6.54 Å². The number of carbonyl (C=O) groups is 1. The molecule has 0 saturated carbocycles. The number of aliphatic carboxylic acids is 1. The van der Waals surface area contributed by atoms with Crippen LogP contribution in [0.4, 0.5) is 0 Å². The summed E-state index contributed by atoms with van der Waals surface area (Å²) in [7, 11) is 0. The number of nitrogens with one attached hydrogen (secondary N) is 1. The van der Waals surface area contributed by atoms with Gasteiger partial charge in [-0.3, -0.25) is 14.7 Å². The zero-order chi connectivity index (χ0) is 12.8. The molecule has 0 aromatic carbocycles. The van der Waals surface area contributed by atoms with Crippen molar-refractivity contribution < 1.29 is 9.90 Å². The van der Waals surface area contributed by atoms with Gasteiger partial charge in [-0.1, -0.05) is 6.07 Å². The number of rotatable bonds is 5. The van der Waals surface area contributed by atoms with Gasteiger partial charge in [0.15, 0.2) is 0 Å². The number of pyridine rings is 1. The fourth-order valence-electron chi connectivity index (χ4n) is 2.35. The van der Waals surface area contributed by atoms with Crippen molar-refractivity contribution in [3.8, 4) is 0 Å². The Bertz CT molecular complexity index is 383. The van der Waals surface area contributed by atoms with Crippen LogP contribution in [-0.4, -0.2) is 46.6 Å². The quantitative estimate of drug-likeness (QED) is 0.805. The van der Waals surface area contributed by atoms with Crippen LogP contribution in [0.5, 0.6) is 0 Å². The van der Waals surface area contributed by atoms with Crippen molar-refractivity contribution in [1.82, 2.24) is 15.2 Å². The lowest BCUT2D eigenvalue weighted by Gasteiger charge is -2.32. The highest BCUT2D eigenvalue weighted by molar-refractivity contribution is 5.69. The Morgan fingerprint density at radius 2 is 2.50 bits per heavy atom. The Balaban J connectivity index is 1.81. The van der Waals surface area contributed by atoms with E-state index in [-0.39, 0.29) is 12.6 Å². The summed E-state index contributed by atoms with van der Waals surface area (Å²) >= 11 is 0. The van der Waals surface area contributed by atoms with Gasteiger partial charge < -0.3 is 10.4 Å². The summed E-state index contributed by atoms with van der Waals surface area (Å²) in [6.45, 7) is 2.91. The molecule has 0 spiro atoms. The first-order chi connectivity index (χ1) is 8.74. The van der Waals surface area contributed by atoms with Crippen molar-refractivity contribution in [3.05, 3.63) is 30.1 Å². The molecule has 2 rings (SSSR count). The van der Waals surface area contributed by atoms with Gasteiger partial charge >= 0.3 is 5.97 Å². The number of hydrogen-bond acceptors (Lipinski definition) is 4. The Labute approximate surface area is 107 Å². The summed E-state index contributed by atoms with van der Waals surface area (Å²) in [5.41, 5.74) is 1.20. The molecule has 2 heterocycles. The molecular weight excluding hydrogens is 230 g/mol. The van der Waals surface area contributed by atoms with Crippen LogP contribution < -0.4 is 5.32 Å². The predicted molar refractivity (Wildman–Crippen MR) is 68.2 cm³/mol. The molecule has 1 aliphatic heterocycles. The normalized spacial score (nSPS) is 20.8. The lowest BCUT2D eigenvalue weighted by atomic mass is 10.1. The van der Waals surface area contributed by atoms with Crippen LogP contribution in [0.2, 0.25) is 0 Å². The molecule has 5 heteroatoms. The number of carboxylic acids is 1. The number of carboxylic acid groups (broad SMARTS) is 1. The van der Waals surface area contributed by atoms with Gasteiger partial charge in [-0.25, -0.2) is 0 Å². The second-order valence-electron chi connectivity index (χ2n) is 4.71. The average Bonchev–Trinajstić information content (AvgIpc) is 2.38. The molecule has 1 unspecified atom stereocenters. The maximum Gasteiger partial charge on any atom is 0.317 e. The largest absolute Gasteiger partial charge is 0.480 e. The maximum absolute atomic E-state index is 10.5. The maximum atomic E-state index is 10.5. The highest BCUT2D eigenvalue weighted by Gasteiger charge is 2.19. The summed E-state index contributed by atoms with van der Waals surface area (Å²) in [5, 5.41) is 11.7. The Kier molecular flexibility index (Phi) is 4.66. The van der Waals surface area contributed by atoms with Crippen LogP contribution in [-0.2, 0) is 11.3 Å². The van der Waals surface area contributed by atoms with Crippen LogP contribution in [0.25, 0.3) is 0 Å². The fraction of sp³-hybridized carbons (Fsp3) is 0.538. The third-order valence-corrected chi connectivity index (χ3v) is 3.18. The van der Waals surface area contributed by atoms with Crippen molar-refractivity contribution in [1.29, 1.82) is 0 Å². The van der Waals surface area contributed by atoms with Crippen LogP contribution >= 0.6 is 0 Å². The molecule has 1 aliphatic rings. The van der Waals surface area contributed by atoms with Crippen LogP contribution in [0, 0.1) is 0 Å². The van der Waals surface area contributed by atoms with Crippen LogP contribution in [0.1, 0.15) is 18.4 Å². The zero-order valence-electron chi connectivity index (χ0n) is 10.4. The molecule has 1 atom stereocenters. The monoisotopic (exact) mass is 249 g/mol. The minimum Gasteiger partial charge on any atom is -0.480 e. The number of likely N-dealkylation sites (tertiary alicyclic amines) is 1. The highest BCUT2D eigenvalue weighted by atomic mass is 16.4. The van der Waals surface area contributed by atoms with E-state index < -0.39 is 5.97 Å². The average molecular weight is 249 g/mol. The predicted octanol–water partition coefficient (Wildman–Crippen LogP) is 0.720. The Morgan fingerprint density at radius 1 is 1.61 bits per heavy atom. The first-order valence-corrected chi connectivity index (χ1v) is 6.30. The molecule has 1 fully saturated rings. The number of aromatic nitrogens is 1. The van der Waals surface area contributed by atoms with Gasteiger partial charge in [-0.15, -0.1) is 0 Å². The molecule has 98 valence electrons. The van der Waals surface area contributed by atoms with E-state index in [1.54, 1.807) is 6.20 Å².